The fourth-order valence-electron chi connectivity index (χ4n) is 2.25. The van der Waals surface area contributed by atoms with E-state index in [2.05, 4.69) is 6.92 Å². The average Bonchev–Trinajstić information content (AvgIpc) is 2.60. The number of hydrogen-bond donors (Lipinski definition) is 0. The number of carbonyl (C=O) groups excluding carboxylic acids is 1. The standard InChI is InChI=1S/C17H28N2O4S/c1-6-8-13-19(14(3)7-2)17(20)15-9-11-16(12-10-15)24(21,22)18(4)23-5/h9-12,14H,6-8,13H2,1-5H3. The van der Waals surface area contributed by atoms with Gasteiger partial charge < -0.3 is 4.90 Å². The molecule has 1 amide bonds. The van der Waals surface area contributed by atoms with Gasteiger partial charge in [-0.25, -0.2) is 8.42 Å². The Morgan fingerprint density at radius 1 is 1.21 bits per heavy atom. The summed E-state index contributed by atoms with van der Waals surface area (Å²) in [5.74, 6) is -0.0677. The van der Waals surface area contributed by atoms with E-state index in [1.54, 1.807) is 12.1 Å². The Morgan fingerprint density at radius 2 is 1.79 bits per heavy atom. The molecule has 1 aromatic carbocycles. The molecule has 7 heteroatoms. The summed E-state index contributed by atoms with van der Waals surface area (Å²) in [7, 11) is -1.09. The fourth-order valence-corrected chi connectivity index (χ4v) is 3.23. The summed E-state index contributed by atoms with van der Waals surface area (Å²) in [5.41, 5.74) is 0.491. The molecule has 0 aliphatic rings. The topological polar surface area (TPSA) is 66.9 Å². The maximum absolute atomic E-state index is 12.7. The zero-order valence-corrected chi connectivity index (χ0v) is 16.0. The second-order valence-corrected chi connectivity index (χ2v) is 7.67. The molecule has 0 spiro atoms. The van der Waals surface area contributed by atoms with Gasteiger partial charge in [-0.2, -0.15) is 0 Å². The second kappa shape index (κ2) is 9.15. The van der Waals surface area contributed by atoms with Crippen LogP contribution in [0.25, 0.3) is 0 Å². The first-order valence-electron chi connectivity index (χ1n) is 8.23. The molecular formula is C17H28N2O4S. The summed E-state index contributed by atoms with van der Waals surface area (Å²) >= 11 is 0. The summed E-state index contributed by atoms with van der Waals surface area (Å²) in [6, 6.07) is 6.13. The van der Waals surface area contributed by atoms with Gasteiger partial charge in [0.2, 0.25) is 0 Å². The first-order valence-corrected chi connectivity index (χ1v) is 9.67. The monoisotopic (exact) mass is 356 g/mol. The Hall–Kier alpha value is -1.44. The lowest BCUT2D eigenvalue weighted by atomic mass is 10.1. The average molecular weight is 356 g/mol. The van der Waals surface area contributed by atoms with E-state index in [0.717, 1.165) is 23.7 Å². The van der Waals surface area contributed by atoms with Gasteiger partial charge in [-0.05, 0) is 44.0 Å². The van der Waals surface area contributed by atoms with E-state index in [1.165, 1.54) is 26.3 Å². The maximum atomic E-state index is 12.7. The smallest absolute Gasteiger partial charge is 0.264 e. The van der Waals surface area contributed by atoms with Crippen LogP contribution in [0.5, 0.6) is 0 Å². The lowest BCUT2D eigenvalue weighted by molar-refractivity contribution is -0.0258. The van der Waals surface area contributed by atoms with Crippen molar-refractivity contribution in [1.29, 1.82) is 0 Å². The molecule has 1 unspecified atom stereocenters. The molecule has 136 valence electrons. The van der Waals surface area contributed by atoms with Crippen molar-refractivity contribution in [2.75, 3.05) is 20.7 Å². The van der Waals surface area contributed by atoms with Crippen LogP contribution in [0, 0.1) is 0 Å². The molecule has 0 aromatic heterocycles. The summed E-state index contributed by atoms with van der Waals surface area (Å²) in [6.45, 7) is 6.87. The first kappa shape index (κ1) is 20.6. The van der Waals surface area contributed by atoms with E-state index in [-0.39, 0.29) is 16.8 Å². The predicted molar refractivity (Wildman–Crippen MR) is 94.1 cm³/mol. The van der Waals surface area contributed by atoms with Crippen LogP contribution in [0.1, 0.15) is 50.4 Å². The van der Waals surface area contributed by atoms with Crippen molar-refractivity contribution in [1.82, 2.24) is 9.37 Å². The number of sulfonamides is 1. The van der Waals surface area contributed by atoms with Gasteiger partial charge in [0.15, 0.2) is 0 Å². The molecule has 0 aliphatic heterocycles. The Kier molecular flexibility index (Phi) is 7.86. The Labute approximate surface area is 145 Å². The van der Waals surface area contributed by atoms with E-state index in [1.807, 2.05) is 18.7 Å². The molecule has 0 N–H and O–H groups in total. The van der Waals surface area contributed by atoms with Crippen molar-refractivity contribution >= 4 is 15.9 Å². The first-order chi connectivity index (χ1) is 11.3. The van der Waals surface area contributed by atoms with Crippen LogP contribution in [0.2, 0.25) is 0 Å². The van der Waals surface area contributed by atoms with Gasteiger partial charge in [0.1, 0.15) is 0 Å². The van der Waals surface area contributed by atoms with Crippen LogP contribution in [-0.4, -0.2) is 50.4 Å². The van der Waals surface area contributed by atoms with Crippen molar-refractivity contribution in [2.45, 2.75) is 51.0 Å². The van der Waals surface area contributed by atoms with Gasteiger partial charge >= 0.3 is 0 Å². The van der Waals surface area contributed by atoms with Crippen molar-refractivity contribution in [3.63, 3.8) is 0 Å². The Morgan fingerprint density at radius 3 is 2.25 bits per heavy atom. The van der Waals surface area contributed by atoms with Crippen LogP contribution in [-0.2, 0) is 14.9 Å². The van der Waals surface area contributed by atoms with E-state index in [9.17, 15) is 13.2 Å². The number of unbranched alkanes of at least 4 members (excludes halogenated alkanes) is 1. The normalized spacial score (nSPS) is 13.1. The molecular weight excluding hydrogens is 328 g/mol. The minimum Gasteiger partial charge on any atom is -0.336 e. The maximum Gasteiger partial charge on any atom is 0.264 e. The van der Waals surface area contributed by atoms with Crippen molar-refractivity contribution in [2.24, 2.45) is 0 Å². The third kappa shape index (κ3) is 4.78. The number of rotatable bonds is 9. The molecule has 0 radical (unpaired) electrons. The Bertz CT molecular complexity index is 628. The third-order valence-electron chi connectivity index (χ3n) is 4.13. The van der Waals surface area contributed by atoms with Crippen LogP contribution in [0.4, 0.5) is 0 Å². The zero-order chi connectivity index (χ0) is 18.3. The number of hydrogen-bond acceptors (Lipinski definition) is 4. The van der Waals surface area contributed by atoms with Crippen molar-refractivity contribution in [3.8, 4) is 0 Å². The van der Waals surface area contributed by atoms with E-state index < -0.39 is 10.0 Å². The van der Waals surface area contributed by atoms with Crippen LogP contribution in [0.15, 0.2) is 29.2 Å². The van der Waals surface area contributed by atoms with Crippen molar-refractivity contribution < 1.29 is 18.0 Å². The highest BCUT2D eigenvalue weighted by molar-refractivity contribution is 7.89. The molecule has 6 nitrogen and oxygen atoms in total. The summed E-state index contributed by atoms with van der Waals surface area (Å²) in [4.78, 5) is 19.4. The molecule has 0 aliphatic carbocycles. The molecule has 1 aromatic rings. The zero-order valence-electron chi connectivity index (χ0n) is 15.2. The number of amides is 1. The summed E-state index contributed by atoms with van der Waals surface area (Å²) in [5, 5.41) is 0. The molecule has 0 bridgehead atoms. The molecule has 1 rings (SSSR count). The van der Waals surface area contributed by atoms with Gasteiger partial charge in [-0.1, -0.05) is 24.7 Å². The van der Waals surface area contributed by atoms with Gasteiger partial charge in [-0.3, -0.25) is 9.63 Å². The van der Waals surface area contributed by atoms with Gasteiger partial charge in [0.25, 0.3) is 15.9 Å². The van der Waals surface area contributed by atoms with Crippen LogP contribution in [0.3, 0.4) is 0 Å². The minimum absolute atomic E-state index is 0.0677. The predicted octanol–water partition coefficient (Wildman–Crippen LogP) is 2.91. The second-order valence-electron chi connectivity index (χ2n) is 5.73. The fraction of sp³-hybridized carbons (Fsp3) is 0.588. The van der Waals surface area contributed by atoms with Gasteiger partial charge in [0.05, 0.1) is 12.0 Å². The van der Waals surface area contributed by atoms with Gasteiger partial charge in [-0.15, -0.1) is 0 Å². The number of hydroxylamine groups is 1. The lowest BCUT2D eigenvalue weighted by Crippen LogP contribution is -2.39. The summed E-state index contributed by atoms with van der Waals surface area (Å²) < 4.78 is 25.1. The molecule has 0 saturated heterocycles. The highest BCUT2D eigenvalue weighted by Crippen LogP contribution is 2.17. The van der Waals surface area contributed by atoms with Gasteiger partial charge in [0, 0.05) is 25.2 Å². The van der Waals surface area contributed by atoms with Crippen LogP contribution >= 0.6 is 0 Å². The molecule has 0 fully saturated rings. The molecule has 24 heavy (non-hydrogen) atoms. The number of benzene rings is 1. The molecule has 0 saturated carbocycles. The van der Waals surface area contributed by atoms with Crippen LogP contribution < -0.4 is 0 Å². The molecule has 0 heterocycles. The quantitative estimate of drug-likeness (QED) is 0.638. The summed E-state index contributed by atoms with van der Waals surface area (Å²) in [6.07, 6.45) is 2.84. The Balaban J connectivity index is 3.04. The number of nitrogens with zero attached hydrogens (tertiary/aromatic N) is 2. The lowest BCUT2D eigenvalue weighted by Gasteiger charge is -2.28. The number of carbonyl (C=O) groups is 1. The molecule has 1 atom stereocenters. The minimum atomic E-state index is -3.70. The van der Waals surface area contributed by atoms with Crippen molar-refractivity contribution in [3.05, 3.63) is 29.8 Å². The highest BCUT2D eigenvalue weighted by Gasteiger charge is 2.23. The SMILES string of the molecule is CCCCN(C(=O)c1ccc(S(=O)(=O)N(C)OC)cc1)C(C)CC. The van der Waals surface area contributed by atoms with E-state index in [4.69, 9.17) is 4.84 Å². The highest BCUT2D eigenvalue weighted by atomic mass is 32.2. The third-order valence-corrected chi connectivity index (χ3v) is 5.82. The van der Waals surface area contributed by atoms with E-state index in [0.29, 0.717) is 12.1 Å². The largest absolute Gasteiger partial charge is 0.336 e. The van der Waals surface area contributed by atoms with E-state index >= 15 is 0 Å².